The summed E-state index contributed by atoms with van der Waals surface area (Å²) in [5.41, 5.74) is 2.38. The fourth-order valence-corrected chi connectivity index (χ4v) is 3.12. The highest BCUT2D eigenvalue weighted by Crippen LogP contribution is 2.25. The molecule has 21 heavy (non-hydrogen) atoms. The van der Waals surface area contributed by atoms with Gasteiger partial charge in [0, 0.05) is 13.1 Å². The van der Waals surface area contributed by atoms with Gasteiger partial charge in [0.05, 0.1) is 17.9 Å². The van der Waals surface area contributed by atoms with E-state index in [4.69, 9.17) is 16.3 Å². The molecule has 1 saturated heterocycles. The number of aryl methyl sites for hydroxylation is 1. The van der Waals surface area contributed by atoms with Crippen molar-refractivity contribution in [3.8, 4) is 0 Å². The largest absolute Gasteiger partial charge is 0.466 e. The minimum atomic E-state index is -0.0661. The number of hydrogen-bond donors (Lipinski definition) is 0. The summed E-state index contributed by atoms with van der Waals surface area (Å²) in [6.45, 7) is 6.92. The zero-order chi connectivity index (χ0) is 15.2. The Balaban J connectivity index is 1.89. The van der Waals surface area contributed by atoms with Crippen LogP contribution in [0.1, 0.15) is 36.3 Å². The van der Waals surface area contributed by atoms with Crippen molar-refractivity contribution in [2.24, 2.45) is 5.92 Å². The Bertz CT molecular complexity index is 460. The Morgan fingerprint density at radius 1 is 1.43 bits per heavy atom. The van der Waals surface area contributed by atoms with Crippen molar-refractivity contribution in [1.29, 1.82) is 0 Å². The first-order valence-corrected chi connectivity index (χ1v) is 8.13. The molecule has 4 heteroatoms. The molecule has 0 aromatic heterocycles. The molecule has 116 valence electrons. The molecule has 0 bridgehead atoms. The fourth-order valence-electron chi connectivity index (χ4n) is 2.78. The van der Waals surface area contributed by atoms with Gasteiger partial charge in [0.1, 0.15) is 0 Å². The topological polar surface area (TPSA) is 29.5 Å². The quantitative estimate of drug-likeness (QED) is 0.615. The molecule has 1 aromatic carbocycles. The van der Waals surface area contributed by atoms with Crippen molar-refractivity contribution in [2.45, 2.75) is 32.1 Å². The van der Waals surface area contributed by atoms with Crippen LogP contribution in [-0.2, 0) is 9.53 Å². The first-order valence-electron chi connectivity index (χ1n) is 7.69. The number of benzene rings is 1. The zero-order valence-corrected chi connectivity index (χ0v) is 13.6. The highest BCUT2D eigenvalue weighted by Gasteiger charge is 2.27. The number of likely N-dealkylation sites (tertiary alicyclic amines) is 1. The summed E-state index contributed by atoms with van der Waals surface area (Å²) in [5.74, 6) is -0.0655. The first kappa shape index (κ1) is 16.3. The number of alkyl halides is 1. The maximum atomic E-state index is 11.9. The molecule has 2 atom stereocenters. The summed E-state index contributed by atoms with van der Waals surface area (Å²) >= 11 is 6.52. The lowest BCUT2D eigenvalue weighted by Crippen LogP contribution is -2.40. The maximum absolute atomic E-state index is 11.9. The van der Waals surface area contributed by atoms with Gasteiger partial charge in [-0.3, -0.25) is 4.79 Å². The molecule has 3 nitrogen and oxygen atoms in total. The Hall–Kier alpha value is -1.06. The second kappa shape index (κ2) is 7.81. The summed E-state index contributed by atoms with van der Waals surface area (Å²) in [7, 11) is 0. The molecule has 1 aliphatic heterocycles. The van der Waals surface area contributed by atoms with Crippen molar-refractivity contribution < 1.29 is 9.53 Å². The van der Waals surface area contributed by atoms with Gasteiger partial charge in [0.2, 0.25) is 0 Å². The number of nitrogens with zero attached hydrogens (tertiary/aromatic N) is 1. The van der Waals surface area contributed by atoms with Gasteiger partial charge in [-0.15, -0.1) is 11.6 Å². The molecular formula is C17H24ClNO2. The van der Waals surface area contributed by atoms with Gasteiger partial charge in [-0.25, -0.2) is 0 Å². The van der Waals surface area contributed by atoms with Crippen LogP contribution in [0, 0.1) is 12.8 Å². The lowest BCUT2D eigenvalue weighted by molar-refractivity contribution is -0.149. The van der Waals surface area contributed by atoms with Gasteiger partial charge < -0.3 is 9.64 Å². The van der Waals surface area contributed by atoms with Gasteiger partial charge in [-0.2, -0.15) is 0 Å². The van der Waals surface area contributed by atoms with E-state index >= 15 is 0 Å². The number of piperidine rings is 1. The standard InChI is InChI=1S/C17H24ClNO2/c1-3-21-17(20)15-5-4-10-19(11-15)12-16(18)14-8-6-13(2)7-9-14/h6-9,15-16H,3-5,10-12H2,1-2H3. The van der Waals surface area contributed by atoms with Crippen LogP contribution >= 0.6 is 11.6 Å². The Morgan fingerprint density at radius 3 is 2.81 bits per heavy atom. The molecule has 1 fully saturated rings. The first-order chi connectivity index (χ1) is 10.1. The van der Waals surface area contributed by atoms with E-state index in [9.17, 15) is 4.79 Å². The lowest BCUT2D eigenvalue weighted by Gasteiger charge is -2.32. The van der Waals surface area contributed by atoms with Crippen LogP contribution in [0.25, 0.3) is 0 Å². The average Bonchev–Trinajstić information content (AvgIpc) is 2.48. The number of ether oxygens (including phenoxy) is 1. The van der Waals surface area contributed by atoms with Crippen molar-refractivity contribution in [1.82, 2.24) is 4.90 Å². The number of halogens is 1. The molecule has 2 rings (SSSR count). The van der Waals surface area contributed by atoms with E-state index in [1.807, 2.05) is 6.92 Å². The molecule has 0 radical (unpaired) electrons. The molecule has 1 aromatic rings. The summed E-state index contributed by atoms with van der Waals surface area (Å²) in [6, 6.07) is 8.34. The van der Waals surface area contributed by atoms with Crippen molar-refractivity contribution >= 4 is 17.6 Å². The monoisotopic (exact) mass is 309 g/mol. The van der Waals surface area contributed by atoms with E-state index in [1.54, 1.807) is 0 Å². The minimum absolute atomic E-state index is 0.000541. The van der Waals surface area contributed by atoms with Crippen molar-refractivity contribution in [3.63, 3.8) is 0 Å². The van der Waals surface area contributed by atoms with Crippen LogP contribution in [0.5, 0.6) is 0 Å². The van der Waals surface area contributed by atoms with Crippen molar-refractivity contribution in [2.75, 3.05) is 26.2 Å². The third kappa shape index (κ3) is 4.72. The Kier molecular flexibility index (Phi) is 6.07. The summed E-state index contributed by atoms with van der Waals surface area (Å²) in [6.07, 6.45) is 1.95. The van der Waals surface area contributed by atoms with E-state index in [0.29, 0.717) is 6.61 Å². The maximum Gasteiger partial charge on any atom is 0.310 e. The van der Waals surface area contributed by atoms with Crippen LogP contribution in [0.15, 0.2) is 24.3 Å². The molecule has 0 N–H and O–H groups in total. The third-order valence-electron chi connectivity index (χ3n) is 3.98. The van der Waals surface area contributed by atoms with Gasteiger partial charge in [-0.1, -0.05) is 29.8 Å². The normalized spacial score (nSPS) is 21.0. The number of rotatable bonds is 5. The van der Waals surface area contributed by atoms with Gasteiger partial charge in [0.25, 0.3) is 0 Å². The number of esters is 1. The summed E-state index contributed by atoms with van der Waals surface area (Å²) in [4.78, 5) is 14.1. The highest BCUT2D eigenvalue weighted by atomic mass is 35.5. The number of carbonyl (C=O) groups excluding carboxylic acids is 1. The number of carbonyl (C=O) groups is 1. The second-order valence-corrected chi connectivity index (χ2v) is 6.26. The molecule has 0 aliphatic carbocycles. The van der Waals surface area contributed by atoms with Gasteiger partial charge >= 0.3 is 5.97 Å². The lowest BCUT2D eigenvalue weighted by atomic mass is 9.97. The van der Waals surface area contributed by atoms with Crippen molar-refractivity contribution in [3.05, 3.63) is 35.4 Å². The van der Waals surface area contributed by atoms with Crippen LogP contribution in [0.2, 0.25) is 0 Å². The van der Waals surface area contributed by atoms with E-state index in [0.717, 1.165) is 38.0 Å². The molecule has 0 amide bonds. The highest BCUT2D eigenvalue weighted by molar-refractivity contribution is 6.21. The summed E-state index contributed by atoms with van der Waals surface area (Å²) in [5, 5.41) is -0.0356. The predicted octanol–water partition coefficient (Wildman–Crippen LogP) is 3.55. The van der Waals surface area contributed by atoms with Gasteiger partial charge in [0.15, 0.2) is 0 Å². The predicted molar refractivity (Wildman–Crippen MR) is 85.6 cm³/mol. The van der Waals surface area contributed by atoms with Crippen LogP contribution < -0.4 is 0 Å². The van der Waals surface area contributed by atoms with E-state index < -0.39 is 0 Å². The molecule has 1 heterocycles. The van der Waals surface area contributed by atoms with Crippen LogP contribution in [0.3, 0.4) is 0 Å². The minimum Gasteiger partial charge on any atom is -0.466 e. The molecule has 2 unspecified atom stereocenters. The molecule has 0 spiro atoms. The van der Waals surface area contributed by atoms with E-state index in [-0.39, 0.29) is 17.3 Å². The number of hydrogen-bond acceptors (Lipinski definition) is 3. The fraction of sp³-hybridized carbons (Fsp3) is 0.588. The van der Waals surface area contributed by atoms with Gasteiger partial charge in [-0.05, 0) is 38.8 Å². The Labute approximate surface area is 132 Å². The SMILES string of the molecule is CCOC(=O)C1CCCN(CC(Cl)c2ccc(C)cc2)C1. The van der Waals surface area contributed by atoms with E-state index in [2.05, 4.69) is 36.1 Å². The second-order valence-electron chi connectivity index (χ2n) is 5.73. The smallest absolute Gasteiger partial charge is 0.310 e. The van der Waals surface area contributed by atoms with E-state index in [1.165, 1.54) is 5.56 Å². The molecule has 1 aliphatic rings. The van der Waals surface area contributed by atoms with Crippen LogP contribution in [0.4, 0.5) is 0 Å². The summed E-state index contributed by atoms with van der Waals surface area (Å²) < 4.78 is 5.13. The van der Waals surface area contributed by atoms with Crippen LogP contribution in [-0.4, -0.2) is 37.1 Å². The molecule has 0 saturated carbocycles. The Morgan fingerprint density at radius 2 is 2.14 bits per heavy atom. The zero-order valence-electron chi connectivity index (χ0n) is 12.8. The third-order valence-corrected chi connectivity index (χ3v) is 4.37. The molecular weight excluding hydrogens is 286 g/mol. The average molecular weight is 310 g/mol.